The molecule has 0 aromatic heterocycles. The molecule has 0 fully saturated rings. The van der Waals surface area contributed by atoms with Crippen LogP contribution in [0.4, 0.5) is 5.69 Å². The molecule has 1 aliphatic rings. The van der Waals surface area contributed by atoms with Crippen molar-refractivity contribution in [3.63, 3.8) is 0 Å². The Hall–Kier alpha value is -2.78. The maximum Gasteiger partial charge on any atom is 0.241 e. The van der Waals surface area contributed by atoms with Crippen molar-refractivity contribution >= 4 is 21.6 Å². The molecule has 1 heterocycles. The summed E-state index contributed by atoms with van der Waals surface area (Å²) in [7, 11) is -3.88. The number of anilines is 1. The third kappa shape index (κ3) is 4.69. The number of ether oxygens (including phenoxy) is 3. The van der Waals surface area contributed by atoms with E-state index in [0.29, 0.717) is 22.9 Å². The number of hydrogen-bond acceptors (Lipinski definition) is 6. The highest BCUT2D eigenvalue weighted by molar-refractivity contribution is 7.89. The maximum absolute atomic E-state index is 12.4. The van der Waals surface area contributed by atoms with Gasteiger partial charge in [-0.05, 0) is 38.1 Å². The number of carbonyl (C=O) groups is 1. The molecule has 27 heavy (non-hydrogen) atoms. The number of sulfonamides is 1. The Balaban J connectivity index is 1.64. The highest BCUT2D eigenvalue weighted by Gasteiger charge is 2.21. The van der Waals surface area contributed by atoms with Crippen LogP contribution in [0, 0.1) is 0 Å². The Morgan fingerprint density at radius 1 is 1.15 bits per heavy atom. The van der Waals surface area contributed by atoms with Gasteiger partial charge in [0, 0.05) is 6.07 Å². The summed E-state index contributed by atoms with van der Waals surface area (Å²) in [6.07, 6.45) is -0.0624. The summed E-state index contributed by atoms with van der Waals surface area (Å²) >= 11 is 0. The van der Waals surface area contributed by atoms with E-state index in [1.54, 1.807) is 24.3 Å². The van der Waals surface area contributed by atoms with Crippen LogP contribution in [-0.4, -0.2) is 33.8 Å². The first-order chi connectivity index (χ1) is 12.8. The van der Waals surface area contributed by atoms with Crippen LogP contribution in [0.2, 0.25) is 0 Å². The SMILES string of the molecule is CC(C)Oc1ccccc1NC(=O)CNS(=O)(=O)c1ccc2c(c1)OCO2. The zero-order chi connectivity index (χ0) is 19.4. The first kappa shape index (κ1) is 19.0. The number of rotatable bonds is 7. The van der Waals surface area contributed by atoms with Gasteiger partial charge >= 0.3 is 0 Å². The van der Waals surface area contributed by atoms with E-state index < -0.39 is 22.5 Å². The minimum atomic E-state index is -3.88. The topological polar surface area (TPSA) is 103 Å². The summed E-state index contributed by atoms with van der Waals surface area (Å²) in [4.78, 5) is 12.2. The fourth-order valence-corrected chi connectivity index (χ4v) is 3.41. The Labute approximate surface area is 157 Å². The summed E-state index contributed by atoms with van der Waals surface area (Å²) in [5, 5.41) is 2.65. The predicted molar refractivity (Wildman–Crippen MR) is 98.6 cm³/mol. The van der Waals surface area contributed by atoms with Crippen molar-refractivity contribution in [1.82, 2.24) is 4.72 Å². The molecule has 0 bridgehead atoms. The summed E-state index contributed by atoms with van der Waals surface area (Å²) in [6, 6.07) is 11.2. The quantitative estimate of drug-likeness (QED) is 0.748. The number of para-hydroxylation sites is 2. The monoisotopic (exact) mass is 392 g/mol. The third-order valence-corrected chi connectivity index (χ3v) is 5.00. The van der Waals surface area contributed by atoms with E-state index >= 15 is 0 Å². The summed E-state index contributed by atoms with van der Waals surface area (Å²) in [5.74, 6) is 0.828. The average molecular weight is 392 g/mol. The third-order valence-electron chi connectivity index (χ3n) is 3.60. The largest absolute Gasteiger partial charge is 0.489 e. The van der Waals surface area contributed by atoms with Gasteiger partial charge in [0.1, 0.15) is 5.75 Å². The molecule has 8 nitrogen and oxygen atoms in total. The van der Waals surface area contributed by atoms with Gasteiger partial charge in [-0.2, -0.15) is 0 Å². The van der Waals surface area contributed by atoms with Crippen LogP contribution in [-0.2, 0) is 14.8 Å². The van der Waals surface area contributed by atoms with Crippen molar-refractivity contribution < 1.29 is 27.4 Å². The van der Waals surface area contributed by atoms with E-state index in [1.807, 2.05) is 13.8 Å². The Kier molecular flexibility index (Phi) is 5.52. The summed E-state index contributed by atoms with van der Waals surface area (Å²) in [6.45, 7) is 3.37. The minimum Gasteiger partial charge on any atom is -0.489 e. The smallest absolute Gasteiger partial charge is 0.241 e. The van der Waals surface area contributed by atoms with Gasteiger partial charge in [0.05, 0.1) is 23.2 Å². The lowest BCUT2D eigenvalue weighted by Crippen LogP contribution is -2.33. The molecule has 0 atom stereocenters. The van der Waals surface area contributed by atoms with Crippen LogP contribution < -0.4 is 24.2 Å². The number of nitrogens with one attached hydrogen (secondary N) is 2. The molecule has 9 heteroatoms. The molecule has 2 N–H and O–H groups in total. The normalized spacial score (nSPS) is 12.9. The van der Waals surface area contributed by atoms with Gasteiger partial charge in [-0.25, -0.2) is 13.1 Å². The molecular formula is C18H20N2O6S. The highest BCUT2D eigenvalue weighted by atomic mass is 32.2. The first-order valence-electron chi connectivity index (χ1n) is 8.30. The molecule has 1 aliphatic heterocycles. The molecule has 0 saturated heterocycles. The van der Waals surface area contributed by atoms with Crippen LogP contribution in [0.25, 0.3) is 0 Å². The second kappa shape index (κ2) is 7.85. The molecule has 0 radical (unpaired) electrons. The van der Waals surface area contributed by atoms with Gasteiger partial charge in [0.15, 0.2) is 11.5 Å². The predicted octanol–water partition coefficient (Wildman–Crippen LogP) is 2.12. The fourth-order valence-electron chi connectivity index (χ4n) is 2.41. The van der Waals surface area contributed by atoms with Crippen LogP contribution >= 0.6 is 0 Å². The number of carbonyl (C=O) groups excluding carboxylic acids is 1. The molecule has 0 aliphatic carbocycles. The Morgan fingerprint density at radius 3 is 2.67 bits per heavy atom. The molecule has 1 amide bonds. The number of fused-ring (bicyclic) bond motifs is 1. The fraction of sp³-hybridized carbons (Fsp3) is 0.278. The molecular weight excluding hydrogens is 372 g/mol. The first-order valence-corrected chi connectivity index (χ1v) is 9.78. The second-order valence-electron chi connectivity index (χ2n) is 6.05. The number of hydrogen-bond donors (Lipinski definition) is 2. The van der Waals surface area contributed by atoms with Crippen molar-refractivity contribution in [3.8, 4) is 17.2 Å². The van der Waals surface area contributed by atoms with Crippen molar-refractivity contribution in [1.29, 1.82) is 0 Å². The highest BCUT2D eigenvalue weighted by Crippen LogP contribution is 2.33. The lowest BCUT2D eigenvalue weighted by Gasteiger charge is -2.15. The maximum atomic E-state index is 12.4. The van der Waals surface area contributed by atoms with Gasteiger partial charge < -0.3 is 19.5 Å². The molecule has 2 aromatic rings. The van der Waals surface area contributed by atoms with Gasteiger partial charge in [-0.15, -0.1) is 0 Å². The van der Waals surface area contributed by atoms with Crippen molar-refractivity contribution in [2.24, 2.45) is 0 Å². The standard InChI is InChI=1S/C18H20N2O6S/c1-12(2)26-15-6-4-3-5-14(15)20-18(21)10-19-27(22,23)13-7-8-16-17(9-13)25-11-24-16/h3-9,12,19H,10-11H2,1-2H3,(H,20,21). The molecule has 0 saturated carbocycles. The van der Waals surface area contributed by atoms with Gasteiger partial charge in [-0.1, -0.05) is 12.1 Å². The minimum absolute atomic E-state index is 0.0110. The van der Waals surface area contributed by atoms with E-state index in [0.717, 1.165) is 0 Å². The van der Waals surface area contributed by atoms with E-state index in [4.69, 9.17) is 14.2 Å². The zero-order valence-corrected chi connectivity index (χ0v) is 15.7. The summed E-state index contributed by atoms with van der Waals surface area (Å²) < 4.78 is 43.0. The van der Waals surface area contributed by atoms with Crippen molar-refractivity contribution in [2.45, 2.75) is 24.8 Å². The van der Waals surface area contributed by atoms with Crippen molar-refractivity contribution in [2.75, 3.05) is 18.7 Å². The van der Waals surface area contributed by atoms with Crippen LogP contribution in [0.15, 0.2) is 47.4 Å². The molecule has 2 aromatic carbocycles. The van der Waals surface area contributed by atoms with E-state index in [1.165, 1.54) is 18.2 Å². The summed E-state index contributed by atoms with van der Waals surface area (Å²) in [5.41, 5.74) is 0.471. The van der Waals surface area contributed by atoms with Gasteiger partial charge in [-0.3, -0.25) is 4.79 Å². The lowest BCUT2D eigenvalue weighted by atomic mass is 10.3. The van der Waals surface area contributed by atoms with Crippen LogP contribution in [0.1, 0.15) is 13.8 Å². The van der Waals surface area contributed by atoms with Gasteiger partial charge in [0.25, 0.3) is 0 Å². The van der Waals surface area contributed by atoms with E-state index in [2.05, 4.69) is 10.0 Å². The Bertz CT molecular complexity index is 943. The van der Waals surface area contributed by atoms with Crippen LogP contribution in [0.3, 0.4) is 0 Å². The van der Waals surface area contributed by atoms with Gasteiger partial charge in [0.2, 0.25) is 22.7 Å². The average Bonchev–Trinajstić information content (AvgIpc) is 3.09. The van der Waals surface area contributed by atoms with E-state index in [9.17, 15) is 13.2 Å². The number of amides is 1. The lowest BCUT2D eigenvalue weighted by molar-refractivity contribution is -0.115. The van der Waals surface area contributed by atoms with Crippen molar-refractivity contribution in [3.05, 3.63) is 42.5 Å². The van der Waals surface area contributed by atoms with Crippen LogP contribution in [0.5, 0.6) is 17.2 Å². The zero-order valence-electron chi connectivity index (χ0n) is 14.9. The molecule has 3 rings (SSSR count). The molecule has 0 unspecified atom stereocenters. The molecule has 144 valence electrons. The molecule has 0 spiro atoms. The Morgan fingerprint density at radius 2 is 1.89 bits per heavy atom. The second-order valence-corrected chi connectivity index (χ2v) is 7.82. The van der Waals surface area contributed by atoms with E-state index in [-0.39, 0.29) is 17.8 Å². The number of benzene rings is 2.